The highest BCUT2D eigenvalue weighted by atomic mass is 32.2. The van der Waals surface area contributed by atoms with E-state index in [9.17, 15) is 13.2 Å². The van der Waals surface area contributed by atoms with Crippen LogP contribution >= 0.6 is 0 Å². The zero-order valence-corrected chi connectivity index (χ0v) is 20.7. The average molecular weight is 467 g/mol. The zero-order valence-electron chi connectivity index (χ0n) is 19.9. The molecular formula is C25H30N4O3S. The van der Waals surface area contributed by atoms with E-state index < -0.39 is 15.9 Å². The van der Waals surface area contributed by atoms with Crippen LogP contribution in [0.1, 0.15) is 33.6 Å². The third-order valence-corrected chi connectivity index (χ3v) is 6.64. The minimum absolute atomic E-state index is 0.357. The van der Waals surface area contributed by atoms with Gasteiger partial charge in [-0.15, -0.1) is 0 Å². The van der Waals surface area contributed by atoms with Crippen molar-refractivity contribution in [3.8, 4) is 5.69 Å². The maximum Gasteiger partial charge on any atom is 0.260 e. The number of nitrogens with zero attached hydrogens (tertiary/aromatic N) is 3. The number of rotatable bonds is 7. The molecular weight excluding hydrogens is 436 g/mol. The molecule has 0 fully saturated rings. The Morgan fingerprint density at radius 3 is 2.21 bits per heavy atom. The molecule has 8 heteroatoms. The lowest BCUT2D eigenvalue weighted by Gasteiger charge is -2.25. The van der Waals surface area contributed by atoms with Gasteiger partial charge in [-0.05, 0) is 63.9 Å². The smallest absolute Gasteiger partial charge is 0.260 e. The highest BCUT2D eigenvalue weighted by Gasteiger charge is 2.23. The van der Waals surface area contributed by atoms with Crippen LogP contribution < -0.4 is 9.73 Å². The van der Waals surface area contributed by atoms with Crippen molar-refractivity contribution >= 4 is 27.8 Å². The number of hydrazone groups is 1. The molecule has 2 aromatic carbocycles. The van der Waals surface area contributed by atoms with E-state index in [1.165, 1.54) is 5.56 Å². The van der Waals surface area contributed by atoms with Crippen molar-refractivity contribution in [2.75, 3.05) is 17.1 Å². The SMILES string of the molecule is Cc1ccc(-n2c(C)cc(/C=N\NC(=O)CN(c3c(C)cccc3C)S(C)(=O)=O)c2C)cc1. The third-order valence-electron chi connectivity index (χ3n) is 5.53. The molecule has 0 radical (unpaired) electrons. The number of hydrogen-bond donors (Lipinski definition) is 1. The van der Waals surface area contributed by atoms with Gasteiger partial charge >= 0.3 is 0 Å². The fraction of sp³-hybridized carbons (Fsp3) is 0.280. The number of aryl methyl sites for hydroxylation is 4. The first-order valence-electron chi connectivity index (χ1n) is 10.6. The monoisotopic (exact) mass is 466 g/mol. The normalized spacial score (nSPS) is 11.7. The van der Waals surface area contributed by atoms with E-state index in [0.29, 0.717) is 5.69 Å². The van der Waals surface area contributed by atoms with Gasteiger partial charge in [0.2, 0.25) is 10.0 Å². The van der Waals surface area contributed by atoms with Gasteiger partial charge in [0.25, 0.3) is 5.91 Å². The summed E-state index contributed by atoms with van der Waals surface area (Å²) < 4.78 is 28.1. The molecule has 0 bridgehead atoms. The van der Waals surface area contributed by atoms with Crippen molar-refractivity contribution in [1.82, 2.24) is 9.99 Å². The van der Waals surface area contributed by atoms with Crippen molar-refractivity contribution in [3.63, 3.8) is 0 Å². The largest absolute Gasteiger partial charge is 0.318 e. The molecule has 0 aliphatic heterocycles. The Kier molecular flexibility index (Phi) is 7.07. The van der Waals surface area contributed by atoms with Crippen LogP contribution in [0.15, 0.2) is 53.6 Å². The van der Waals surface area contributed by atoms with E-state index in [2.05, 4.69) is 39.4 Å². The Morgan fingerprint density at radius 1 is 1.03 bits per heavy atom. The van der Waals surface area contributed by atoms with Crippen molar-refractivity contribution in [3.05, 3.63) is 82.2 Å². The average Bonchev–Trinajstić information content (AvgIpc) is 3.00. The Bertz CT molecular complexity index is 1290. The Hall–Kier alpha value is -3.39. The fourth-order valence-corrected chi connectivity index (χ4v) is 4.88. The summed E-state index contributed by atoms with van der Waals surface area (Å²) in [5.74, 6) is -0.522. The highest BCUT2D eigenvalue weighted by molar-refractivity contribution is 7.92. The lowest BCUT2D eigenvalue weighted by Crippen LogP contribution is -2.39. The molecule has 3 aromatic rings. The Balaban J connectivity index is 1.77. The molecule has 3 rings (SSSR count). The standard InChI is InChI=1S/C25H30N4O3S/c1-17-10-12-23(13-11-17)29-20(4)14-22(21(29)5)15-26-27-24(30)16-28(33(6,31)32)25-18(2)8-7-9-19(25)3/h7-15H,16H2,1-6H3,(H,27,30)/b26-15-. The minimum atomic E-state index is -3.66. The summed E-state index contributed by atoms with van der Waals surface area (Å²) in [6.45, 7) is 9.33. The van der Waals surface area contributed by atoms with Gasteiger partial charge in [0, 0.05) is 22.6 Å². The van der Waals surface area contributed by atoms with Gasteiger partial charge in [-0.3, -0.25) is 9.10 Å². The van der Waals surface area contributed by atoms with Crippen molar-refractivity contribution in [2.45, 2.75) is 34.6 Å². The number of carbonyl (C=O) groups excluding carboxylic acids is 1. The zero-order chi connectivity index (χ0) is 24.3. The second kappa shape index (κ2) is 9.62. The number of amides is 1. The molecule has 0 atom stereocenters. The summed E-state index contributed by atoms with van der Waals surface area (Å²) in [6, 6.07) is 15.7. The van der Waals surface area contributed by atoms with E-state index >= 15 is 0 Å². The maximum atomic E-state index is 12.6. The molecule has 33 heavy (non-hydrogen) atoms. The molecule has 0 aliphatic rings. The summed E-state index contributed by atoms with van der Waals surface area (Å²) >= 11 is 0. The molecule has 0 saturated carbocycles. The molecule has 1 heterocycles. The molecule has 0 saturated heterocycles. The molecule has 174 valence electrons. The molecule has 0 spiro atoms. The molecule has 1 N–H and O–H groups in total. The number of anilines is 1. The van der Waals surface area contributed by atoms with Crippen molar-refractivity contribution in [1.29, 1.82) is 0 Å². The predicted octanol–water partition coefficient (Wildman–Crippen LogP) is 3.94. The van der Waals surface area contributed by atoms with E-state index in [-0.39, 0.29) is 6.54 Å². The molecule has 1 aromatic heterocycles. The highest BCUT2D eigenvalue weighted by Crippen LogP contribution is 2.26. The summed E-state index contributed by atoms with van der Waals surface area (Å²) in [4.78, 5) is 12.6. The van der Waals surface area contributed by atoms with E-state index in [1.54, 1.807) is 6.21 Å². The summed E-state index contributed by atoms with van der Waals surface area (Å²) in [5.41, 5.74) is 9.67. The van der Waals surface area contributed by atoms with Crippen LogP contribution in [0.25, 0.3) is 5.69 Å². The Labute approximate surface area is 195 Å². The number of benzene rings is 2. The first kappa shape index (κ1) is 24.3. The lowest BCUT2D eigenvalue weighted by atomic mass is 10.1. The van der Waals surface area contributed by atoms with Crippen molar-refractivity contribution in [2.24, 2.45) is 5.10 Å². The van der Waals surface area contributed by atoms with Gasteiger partial charge in [-0.1, -0.05) is 35.9 Å². The second-order valence-electron chi connectivity index (χ2n) is 8.30. The predicted molar refractivity (Wildman–Crippen MR) is 134 cm³/mol. The summed E-state index contributed by atoms with van der Waals surface area (Å²) in [7, 11) is -3.66. The number of para-hydroxylation sites is 1. The Morgan fingerprint density at radius 2 is 1.64 bits per heavy atom. The molecule has 1 amide bonds. The lowest BCUT2D eigenvalue weighted by molar-refractivity contribution is -0.119. The fourth-order valence-electron chi connectivity index (χ4n) is 3.91. The van der Waals surface area contributed by atoms with Gasteiger partial charge in [-0.25, -0.2) is 13.8 Å². The van der Waals surface area contributed by atoms with Gasteiger partial charge in [0.1, 0.15) is 6.54 Å². The van der Waals surface area contributed by atoms with Crippen molar-refractivity contribution < 1.29 is 13.2 Å². The summed E-state index contributed by atoms with van der Waals surface area (Å²) in [6.07, 6.45) is 2.67. The van der Waals surface area contributed by atoms with Crippen LogP contribution in [0.2, 0.25) is 0 Å². The van der Waals surface area contributed by atoms with Gasteiger partial charge in [0.05, 0.1) is 18.2 Å². The molecule has 7 nitrogen and oxygen atoms in total. The first-order valence-corrected chi connectivity index (χ1v) is 12.5. The van der Waals surface area contributed by atoms with Crippen LogP contribution in [0.5, 0.6) is 0 Å². The second-order valence-corrected chi connectivity index (χ2v) is 10.2. The number of carbonyl (C=O) groups is 1. The van der Waals surface area contributed by atoms with Crippen LogP contribution in [0.4, 0.5) is 5.69 Å². The van der Waals surface area contributed by atoms with Crippen LogP contribution in [-0.2, 0) is 14.8 Å². The first-order chi connectivity index (χ1) is 15.5. The number of sulfonamides is 1. The number of aromatic nitrogens is 1. The molecule has 0 unspecified atom stereocenters. The maximum absolute atomic E-state index is 12.6. The van der Waals surface area contributed by atoms with Crippen LogP contribution in [0, 0.1) is 34.6 Å². The quantitative estimate of drug-likeness (QED) is 0.423. The number of hydrogen-bond acceptors (Lipinski definition) is 4. The molecule has 0 aliphatic carbocycles. The topological polar surface area (TPSA) is 83.8 Å². The minimum Gasteiger partial charge on any atom is -0.318 e. The van der Waals surface area contributed by atoms with E-state index in [1.807, 2.05) is 58.9 Å². The third kappa shape index (κ3) is 5.51. The van der Waals surface area contributed by atoms with Crippen LogP contribution in [0.3, 0.4) is 0 Å². The van der Waals surface area contributed by atoms with E-state index in [0.717, 1.165) is 44.3 Å². The van der Waals surface area contributed by atoms with Gasteiger partial charge in [-0.2, -0.15) is 5.10 Å². The van der Waals surface area contributed by atoms with Gasteiger partial charge in [0.15, 0.2) is 0 Å². The van der Waals surface area contributed by atoms with Crippen LogP contribution in [-0.4, -0.2) is 37.9 Å². The van der Waals surface area contributed by atoms with Gasteiger partial charge < -0.3 is 4.57 Å². The summed E-state index contributed by atoms with van der Waals surface area (Å²) in [5, 5.41) is 4.08. The number of nitrogens with one attached hydrogen (secondary N) is 1. The van der Waals surface area contributed by atoms with E-state index in [4.69, 9.17) is 0 Å².